The van der Waals surface area contributed by atoms with E-state index in [2.05, 4.69) is 15.0 Å². The third kappa shape index (κ3) is 4.00. The number of nitrogens with zero attached hydrogens (tertiary/aromatic N) is 4. The lowest BCUT2D eigenvalue weighted by Gasteiger charge is -2.27. The summed E-state index contributed by atoms with van der Waals surface area (Å²) in [5, 5.41) is 0.454. The first-order valence-electron chi connectivity index (χ1n) is 10.2. The average Bonchev–Trinajstić information content (AvgIpc) is 2.79. The molecular weight excluding hydrogens is 398 g/mol. The molecule has 154 valence electrons. The van der Waals surface area contributed by atoms with E-state index in [-0.39, 0.29) is 5.91 Å². The number of piperidine rings is 1. The summed E-state index contributed by atoms with van der Waals surface area (Å²) in [6, 6.07) is 9.19. The van der Waals surface area contributed by atoms with Crippen molar-refractivity contribution < 1.29 is 4.79 Å². The van der Waals surface area contributed by atoms with Gasteiger partial charge in [-0.15, -0.1) is 0 Å². The molecule has 3 heterocycles. The maximum absolute atomic E-state index is 13.1. The molecular formula is C23H24ClN5O. The maximum atomic E-state index is 13.1. The predicted octanol–water partition coefficient (Wildman–Crippen LogP) is 4.63. The number of nitrogens with two attached hydrogens (primary N) is 1. The van der Waals surface area contributed by atoms with Gasteiger partial charge >= 0.3 is 0 Å². The van der Waals surface area contributed by atoms with Gasteiger partial charge in [0.15, 0.2) is 0 Å². The maximum Gasteiger partial charge on any atom is 0.255 e. The molecule has 1 saturated heterocycles. The van der Waals surface area contributed by atoms with Crippen molar-refractivity contribution in [3.8, 4) is 22.4 Å². The summed E-state index contributed by atoms with van der Waals surface area (Å²) < 4.78 is 0. The Hall–Kier alpha value is -2.99. The number of aryl methyl sites for hydroxylation is 1. The summed E-state index contributed by atoms with van der Waals surface area (Å²) in [6.45, 7) is 3.60. The number of pyridine rings is 1. The molecule has 1 fully saturated rings. The Labute approximate surface area is 181 Å². The molecule has 3 aromatic rings. The number of nitrogen functional groups attached to an aromatic ring is 1. The van der Waals surface area contributed by atoms with Crippen LogP contribution in [0.2, 0.25) is 5.02 Å². The van der Waals surface area contributed by atoms with E-state index in [1.807, 2.05) is 30.0 Å². The Morgan fingerprint density at radius 3 is 2.53 bits per heavy atom. The van der Waals surface area contributed by atoms with Crippen molar-refractivity contribution in [3.63, 3.8) is 0 Å². The van der Waals surface area contributed by atoms with Gasteiger partial charge in [0, 0.05) is 36.0 Å². The number of likely N-dealkylation sites (tertiary alicyclic amines) is 1. The lowest BCUT2D eigenvalue weighted by Crippen LogP contribution is -2.35. The molecule has 0 radical (unpaired) electrons. The summed E-state index contributed by atoms with van der Waals surface area (Å²) in [4.78, 5) is 28.2. The van der Waals surface area contributed by atoms with Crippen molar-refractivity contribution in [1.29, 1.82) is 0 Å². The van der Waals surface area contributed by atoms with E-state index in [1.165, 1.54) is 0 Å². The summed E-state index contributed by atoms with van der Waals surface area (Å²) >= 11 is 6.43. The first kappa shape index (κ1) is 20.3. The van der Waals surface area contributed by atoms with Crippen molar-refractivity contribution in [3.05, 3.63) is 59.1 Å². The van der Waals surface area contributed by atoms with Gasteiger partial charge in [-0.3, -0.25) is 4.79 Å². The van der Waals surface area contributed by atoms with Crippen LogP contribution in [-0.2, 0) is 6.42 Å². The van der Waals surface area contributed by atoms with Crippen molar-refractivity contribution in [2.24, 2.45) is 0 Å². The third-order valence-corrected chi connectivity index (χ3v) is 5.78. The molecule has 0 aliphatic carbocycles. The smallest absolute Gasteiger partial charge is 0.255 e. The second-order valence-electron chi connectivity index (χ2n) is 7.42. The van der Waals surface area contributed by atoms with Gasteiger partial charge in [0.25, 0.3) is 5.91 Å². The van der Waals surface area contributed by atoms with Gasteiger partial charge in [-0.25, -0.2) is 15.0 Å². The predicted molar refractivity (Wildman–Crippen MR) is 119 cm³/mol. The van der Waals surface area contributed by atoms with Crippen LogP contribution in [-0.4, -0.2) is 38.8 Å². The number of aromatic nitrogens is 3. The number of carbonyl (C=O) groups is 1. The second-order valence-corrected chi connectivity index (χ2v) is 7.82. The molecule has 7 heteroatoms. The highest BCUT2D eigenvalue weighted by molar-refractivity contribution is 6.34. The standard InChI is InChI=1S/C23H24ClN5O/c1-2-19-21(16-7-9-20(25)26-13-16)22(28-14-27-19)15-6-8-18(24)17(12-15)23(30)29-10-4-3-5-11-29/h6-9,12-14H,2-5,10-11H2,1H3,(H2,25,26). The number of hydrogen-bond acceptors (Lipinski definition) is 5. The van der Waals surface area contributed by atoms with E-state index in [1.54, 1.807) is 24.7 Å². The molecule has 0 atom stereocenters. The fraction of sp³-hybridized carbons (Fsp3) is 0.304. The van der Waals surface area contributed by atoms with E-state index < -0.39 is 0 Å². The topological polar surface area (TPSA) is 85.0 Å². The first-order valence-corrected chi connectivity index (χ1v) is 10.6. The monoisotopic (exact) mass is 421 g/mol. The molecule has 2 N–H and O–H groups in total. The highest BCUT2D eigenvalue weighted by Crippen LogP contribution is 2.34. The summed E-state index contributed by atoms with van der Waals surface area (Å²) in [5.74, 6) is 0.429. The molecule has 0 spiro atoms. The number of carbonyl (C=O) groups excluding carboxylic acids is 1. The number of halogens is 1. The van der Waals surface area contributed by atoms with Crippen molar-refractivity contribution in [2.45, 2.75) is 32.6 Å². The second kappa shape index (κ2) is 8.79. The Kier molecular flexibility index (Phi) is 5.95. The minimum Gasteiger partial charge on any atom is -0.384 e. The van der Waals surface area contributed by atoms with Crippen LogP contribution in [0.1, 0.15) is 42.2 Å². The minimum absolute atomic E-state index is 0.0259. The SMILES string of the molecule is CCc1ncnc(-c2ccc(Cl)c(C(=O)N3CCCCC3)c2)c1-c1ccc(N)nc1. The molecule has 1 aliphatic rings. The van der Waals surface area contributed by atoms with Crippen LogP contribution in [0, 0.1) is 0 Å². The number of anilines is 1. The highest BCUT2D eigenvalue weighted by atomic mass is 35.5. The zero-order chi connectivity index (χ0) is 21.1. The van der Waals surface area contributed by atoms with E-state index in [0.29, 0.717) is 16.4 Å². The van der Waals surface area contributed by atoms with Crippen LogP contribution < -0.4 is 5.73 Å². The highest BCUT2D eigenvalue weighted by Gasteiger charge is 2.22. The van der Waals surface area contributed by atoms with Crippen molar-refractivity contribution in [2.75, 3.05) is 18.8 Å². The van der Waals surface area contributed by atoms with Crippen molar-refractivity contribution >= 4 is 23.3 Å². The number of hydrogen-bond donors (Lipinski definition) is 1. The first-order chi connectivity index (χ1) is 14.6. The summed E-state index contributed by atoms with van der Waals surface area (Å²) in [5.41, 5.74) is 10.5. The van der Waals surface area contributed by atoms with E-state index >= 15 is 0 Å². The van der Waals surface area contributed by atoms with Gasteiger partial charge in [-0.2, -0.15) is 0 Å². The summed E-state index contributed by atoms with van der Waals surface area (Å²) in [7, 11) is 0. The van der Waals surface area contributed by atoms with E-state index in [0.717, 1.165) is 66.9 Å². The van der Waals surface area contributed by atoms with Gasteiger partial charge in [-0.1, -0.05) is 24.6 Å². The minimum atomic E-state index is -0.0259. The quantitative estimate of drug-likeness (QED) is 0.663. The van der Waals surface area contributed by atoms with Gasteiger partial charge in [-0.05, 0) is 49.9 Å². The molecule has 0 unspecified atom stereocenters. The van der Waals surface area contributed by atoms with Gasteiger partial charge in [0.1, 0.15) is 12.1 Å². The fourth-order valence-electron chi connectivity index (χ4n) is 3.87. The van der Waals surface area contributed by atoms with E-state index in [9.17, 15) is 4.79 Å². The zero-order valence-corrected chi connectivity index (χ0v) is 17.7. The Morgan fingerprint density at radius 2 is 1.83 bits per heavy atom. The normalized spacial score (nSPS) is 14.0. The van der Waals surface area contributed by atoms with Crippen LogP contribution in [0.4, 0.5) is 5.82 Å². The molecule has 0 saturated carbocycles. The molecule has 2 aromatic heterocycles. The van der Waals surface area contributed by atoms with Crippen LogP contribution in [0.5, 0.6) is 0 Å². The lowest BCUT2D eigenvalue weighted by molar-refractivity contribution is 0.0724. The van der Waals surface area contributed by atoms with E-state index in [4.69, 9.17) is 17.3 Å². The van der Waals surface area contributed by atoms with Crippen molar-refractivity contribution in [1.82, 2.24) is 19.9 Å². The molecule has 1 aromatic carbocycles. The lowest BCUT2D eigenvalue weighted by atomic mass is 9.96. The molecule has 0 bridgehead atoms. The average molecular weight is 422 g/mol. The van der Waals surface area contributed by atoms with Crippen LogP contribution in [0.25, 0.3) is 22.4 Å². The number of amides is 1. The molecule has 30 heavy (non-hydrogen) atoms. The largest absolute Gasteiger partial charge is 0.384 e. The molecule has 1 aliphatic heterocycles. The van der Waals surface area contributed by atoms with Crippen LogP contribution in [0.3, 0.4) is 0 Å². The Bertz CT molecular complexity index is 1060. The van der Waals surface area contributed by atoms with Gasteiger partial charge in [0.2, 0.25) is 0 Å². The van der Waals surface area contributed by atoms with Crippen LogP contribution >= 0.6 is 11.6 Å². The van der Waals surface area contributed by atoms with Gasteiger partial charge < -0.3 is 10.6 Å². The summed E-state index contributed by atoms with van der Waals surface area (Å²) in [6.07, 6.45) is 7.25. The van der Waals surface area contributed by atoms with Gasteiger partial charge in [0.05, 0.1) is 22.0 Å². The Morgan fingerprint density at radius 1 is 1.07 bits per heavy atom. The molecule has 6 nitrogen and oxygen atoms in total. The fourth-order valence-corrected chi connectivity index (χ4v) is 4.07. The zero-order valence-electron chi connectivity index (χ0n) is 16.9. The molecule has 1 amide bonds. The number of rotatable bonds is 4. The molecule has 4 rings (SSSR count). The Balaban J connectivity index is 1.81. The number of benzene rings is 1. The third-order valence-electron chi connectivity index (χ3n) is 5.45. The van der Waals surface area contributed by atoms with Crippen LogP contribution in [0.15, 0.2) is 42.9 Å².